The Bertz CT molecular complexity index is 312. The zero-order chi connectivity index (χ0) is 12.2. The molecule has 0 fully saturated rings. The molecule has 1 aromatic rings. The van der Waals surface area contributed by atoms with Crippen molar-refractivity contribution in [1.29, 1.82) is 0 Å². The Kier molecular flexibility index (Phi) is 4.60. The molecule has 1 aromatic heterocycles. The highest BCUT2D eigenvalue weighted by atomic mass is 16.3. The molecule has 2 nitrogen and oxygen atoms in total. The Balaban J connectivity index is 2.67. The average Bonchev–Trinajstić information content (AvgIpc) is 2.77. The molecule has 0 saturated heterocycles. The molecule has 2 heteroatoms. The van der Waals surface area contributed by atoms with Gasteiger partial charge in [0.25, 0.3) is 0 Å². The van der Waals surface area contributed by atoms with Gasteiger partial charge in [-0.15, -0.1) is 0 Å². The van der Waals surface area contributed by atoms with Gasteiger partial charge in [0.1, 0.15) is 11.5 Å². The Morgan fingerprint density at radius 1 is 1.25 bits per heavy atom. The summed E-state index contributed by atoms with van der Waals surface area (Å²) in [5, 5.41) is 3.65. The first kappa shape index (κ1) is 13.3. The van der Waals surface area contributed by atoms with Crippen LogP contribution in [0.25, 0.3) is 0 Å². The molecule has 16 heavy (non-hydrogen) atoms. The largest absolute Gasteiger partial charge is 0.464 e. The molecule has 1 atom stereocenters. The minimum atomic E-state index is 0.207. The van der Waals surface area contributed by atoms with Crippen molar-refractivity contribution in [2.75, 3.05) is 0 Å². The summed E-state index contributed by atoms with van der Waals surface area (Å²) < 4.78 is 5.77. The van der Waals surface area contributed by atoms with Gasteiger partial charge in [0.15, 0.2) is 0 Å². The molecular formula is C14H25NO. The van der Waals surface area contributed by atoms with E-state index < -0.39 is 0 Å². The fraction of sp³-hybridized carbons (Fsp3) is 0.714. The lowest BCUT2D eigenvalue weighted by molar-refractivity contribution is 0.276. The van der Waals surface area contributed by atoms with Crippen molar-refractivity contribution >= 4 is 0 Å². The molecule has 0 aliphatic heterocycles. The van der Waals surface area contributed by atoms with Gasteiger partial charge in [0, 0.05) is 12.0 Å². The second kappa shape index (κ2) is 5.53. The second-order valence-electron chi connectivity index (χ2n) is 4.79. The monoisotopic (exact) mass is 223 g/mol. The van der Waals surface area contributed by atoms with Crippen LogP contribution in [0, 0.1) is 0 Å². The van der Waals surface area contributed by atoms with E-state index >= 15 is 0 Å². The van der Waals surface area contributed by atoms with E-state index in [4.69, 9.17) is 4.42 Å². The quantitative estimate of drug-likeness (QED) is 0.786. The zero-order valence-corrected chi connectivity index (χ0v) is 11.3. The highest BCUT2D eigenvalue weighted by Gasteiger charge is 2.23. The first-order valence-electron chi connectivity index (χ1n) is 6.41. The van der Waals surface area contributed by atoms with Crippen molar-refractivity contribution in [2.24, 2.45) is 0 Å². The van der Waals surface area contributed by atoms with E-state index in [9.17, 15) is 0 Å². The number of furan rings is 1. The van der Waals surface area contributed by atoms with Crippen molar-refractivity contribution in [1.82, 2.24) is 5.32 Å². The third-order valence-corrected chi connectivity index (χ3v) is 3.58. The van der Waals surface area contributed by atoms with Crippen molar-refractivity contribution in [3.05, 3.63) is 23.7 Å². The summed E-state index contributed by atoms with van der Waals surface area (Å²) in [5.41, 5.74) is 0.207. The number of aryl methyl sites for hydroxylation is 1. The smallest absolute Gasteiger partial charge is 0.120 e. The van der Waals surface area contributed by atoms with E-state index in [2.05, 4.69) is 52.1 Å². The van der Waals surface area contributed by atoms with Crippen LogP contribution in [0.5, 0.6) is 0 Å². The van der Waals surface area contributed by atoms with Crippen LogP contribution in [-0.2, 0) is 6.42 Å². The van der Waals surface area contributed by atoms with E-state index in [1.807, 2.05) is 0 Å². The third-order valence-electron chi connectivity index (χ3n) is 3.58. The van der Waals surface area contributed by atoms with Crippen molar-refractivity contribution in [3.63, 3.8) is 0 Å². The van der Waals surface area contributed by atoms with Gasteiger partial charge in [-0.3, -0.25) is 0 Å². The van der Waals surface area contributed by atoms with Gasteiger partial charge >= 0.3 is 0 Å². The van der Waals surface area contributed by atoms with Crippen molar-refractivity contribution in [3.8, 4) is 0 Å². The lowest BCUT2D eigenvalue weighted by Gasteiger charge is -2.31. The van der Waals surface area contributed by atoms with Gasteiger partial charge < -0.3 is 9.73 Å². The van der Waals surface area contributed by atoms with Crippen LogP contribution < -0.4 is 5.32 Å². The molecule has 1 N–H and O–H groups in total. The van der Waals surface area contributed by atoms with Crippen LogP contribution in [0.3, 0.4) is 0 Å². The number of nitrogens with one attached hydrogen (secondary N) is 1. The topological polar surface area (TPSA) is 25.2 Å². The summed E-state index contributed by atoms with van der Waals surface area (Å²) in [6.45, 7) is 11.0. The van der Waals surface area contributed by atoms with E-state index in [0.29, 0.717) is 0 Å². The lowest BCUT2D eigenvalue weighted by Crippen LogP contribution is -2.42. The normalized spacial score (nSPS) is 14.1. The molecule has 1 rings (SSSR count). The Morgan fingerprint density at radius 3 is 2.31 bits per heavy atom. The molecular weight excluding hydrogens is 198 g/mol. The van der Waals surface area contributed by atoms with Crippen LogP contribution in [0.1, 0.15) is 65.0 Å². The molecule has 0 saturated carbocycles. The number of hydrogen-bond acceptors (Lipinski definition) is 2. The fourth-order valence-corrected chi connectivity index (χ4v) is 1.87. The first-order valence-corrected chi connectivity index (χ1v) is 6.41. The summed E-state index contributed by atoms with van der Waals surface area (Å²) in [6, 6.07) is 4.44. The fourth-order valence-electron chi connectivity index (χ4n) is 1.87. The van der Waals surface area contributed by atoms with Crippen molar-refractivity contribution < 1.29 is 4.42 Å². The summed E-state index contributed by atoms with van der Waals surface area (Å²) in [5.74, 6) is 2.11. The van der Waals surface area contributed by atoms with Crippen LogP contribution in [-0.4, -0.2) is 5.54 Å². The van der Waals surface area contributed by atoms with Gasteiger partial charge in [0.2, 0.25) is 0 Å². The van der Waals surface area contributed by atoms with Crippen LogP contribution >= 0.6 is 0 Å². The predicted octanol–water partition coefficient (Wildman–Crippen LogP) is 4.07. The maximum atomic E-state index is 5.77. The van der Waals surface area contributed by atoms with E-state index in [-0.39, 0.29) is 11.6 Å². The number of hydrogen-bond donors (Lipinski definition) is 1. The zero-order valence-electron chi connectivity index (χ0n) is 11.3. The molecule has 0 aliphatic rings. The van der Waals surface area contributed by atoms with E-state index in [0.717, 1.165) is 30.8 Å². The molecule has 1 heterocycles. The molecule has 0 aliphatic carbocycles. The molecule has 0 spiro atoms. The van der Waals surface area contributed by atoms with Crippen LogP contribution in [0.4, 0.5) is 0 Å². The highest BCUT2D eigenvalue weighted by molar-refractivity contribution is 5.10. The minimum Gasteiger partial charge on any atom is -0.464 e. The van der Waals surface area contributed by atoms with Gasteiger partial charge in [-0.25, -0.2) is 0 Å². The summed E-state index contributed by atoms with van der Waals surface area (Å²) in [4.78, 5) is 0. The van der Waals surface area contributed by atoms with Gasteiger partial charge in [0.05, 0.1) is 6.04 Å². The van der Waals surface area contributed by atoms with Gasteiger partial charge in [-0.2, -0.15) is 0 Å². The Hall–Kier alpha value is -0.760. The maximum absolute atomic E-state index is 5.77. The van der Waals surface area contributed by atoms with Gasteiger partial charge in [-0.1, -0.05) is 20.8 Å². The molecule has 0 radical (unpaired) electrons. The summed E-state index contributed by atoms with van der Waals surface area (Å²) in [7, 11) is 0. The van der Waals surface area contributed by atoms with Gasteiger partial charge in [-0.05, 0) is 38.8 Å². The van der Waals surface area contributed by atoms with Crippen molar-refractivity contribution in [2.45, 2.75) is 65.5 Å². The Morgan fingerprint density at radius 2 is 1.88 bits per heavy atom. The number of rotatable bonds is 6. The minimum absolute atomic E-state index is 0.207. The molecule has 0 bridgehead atoms. The summed E-state index contributed by atoms with van der Waals surface area (Å²) >= 11 is 0. The SMILES string of the molecule is CCc1ccc(C(C)NC(C)(CC)CC)o1. The maximum Gasteiger partial charge on any atom is 0.120 e. The average molecular weight is 223 g/mol. The molecule has 0 aromatic carbocycles. The third kappa shape index (κ3) is 3.11. The standard InChI is InChI=1S/C14H25NO/c1-6-12-9-10-13(16-12)11(4)15-14(5,7-2)8-3/h9-11,15H,6-8H2,1-5H3. The highest BCUT2D eigenvalue weighted by Crippen LogP contribution is 2.22. The van der Waals surface area contributed by atoms with Crippen LogP contribution in [0.15, 0.2) is 16.5 Å². The predicted molar refractivity (Wildman–Crippen MR) is 68.6 cm³/mol. The first-order chi connectivity index (χ1) is 7.54. The molecule has 0 amide bonds. The van der Waals surface area contributed by atoms with E-state index in [1.165, 1.54) is 0 Å². The van der Waals surface area contributed by atoms with E-state index in [1.54, 1.807) is 0 Å². The Labute approximate surface area is 99.4 Å². The second-order valence-corrected chi connectivity index (χ2v) is 4.79. The lowest BCUT2D eigenvalue weighted by atomic mass is 9.94. The molecule has 1 unspecified atom stereocenters. The molecule has 92 valence electrons. The van der Waals surface area contributed by atoms with Crippen LogP contribution in [0.2, 0.25) is 0 Å². The summed E-state index contributed by atoms with van der Waals surface area (Å²) in [6.07, 6.45) is 3.23.